The molecule has 430 valence electrons. The molecule has 0 bridgehead atoms. The maximum Gasteiger partial charge on any atom is 0.335 e. The van der Waals surface area contributed by atoms with Crippen LogP contribution in [0.1, 0.15) is 119 Å². The highest BCUT2D eigenvalue weighted by Gasteiger charge is 2.49. The maximum atomic E-state index is 15.0. The SMILES string of the molecule is C=C(C)COC(CC(C(C)C)N(C)C(=O)C(NC(=O)[C@H]1CCCC[N+]1(C)Cc1ccc(O[C@@H]2O[C@H](C(=O)O)[C@@H](O)[C@H](O)[C@H]2O)c(NC(=O)CCN)c1)C(C)CC)c1nc(C(=O)NC(Cc2ccccc2)CC(C)C(=O)O)cs1. The Morgan fingerprint density at radius 3 is 2.29 bits per heavy atom. The van der Waals surface area contributed by atoms with Gasteiger partial charge in [0.25, 0.3) is 11.8 Å². The summed E-state index contributed by atoms with van der Waals surface area (Å²) in [6.45, 7) is 16.5. The number of thiazole rings is 1. The van der Waals surface area contributed by atoms with Crippen molar-refractivity contribution < 1.29 is 73.0 Å². The van der Waals surface area contributed by atoms with Gasteiger partial charge in [-0.1, -0.05) is 83.5 Å². The number of hydrogen-bond acceptors (Lipinski definition) is 15. The fraction of sp³-hybridized carbons (Fsp3) is 0.589. The first kappa shape index (κ1) is 63.0. The van der Waals surface area contributed by atoms with Gasteiger partial charge in [0.2, 0.25) is 18.1 Å². The van der Waals surface area contributed by atoms with Gasteiger partial charge in [-0.15, -0.1) is 11.3 Å². The predicted octanol–water partition coefficient (Wildman–Crippen LogP) is 4.39. The van der Waals surface area contributed by atoms with Crippen molar-refractivity contribution >= 4 is 52.6 Å². The minimum atomic E-state index is -1.94. The van der Waals surface area contributed by atoms with Gasteiger partial charge >= 0.3 is 11.9 Å². The fourth-order valence-electron chi connectivity index (χ4n) is 10.1. The van der Waals surface area contributed by atoms with E-state index in [1.165, 1.54) is 17.4 Å². The highest BCUT2D eigenvalue weighted by molar-refractivity contribution is 7.09. The average Bonchev–Trinajstić information content (AvgIpc) is 3.90. The van der Waals surface area contributed by atoms with Crippen molar-refractivity contribution in [1.29, 1.82) is 0 Å². The van der Waals surface area contributed by atoms with Gasteiger partial charge in [-0.2, -0.15) is 0 Å². The number of piperidine rings is 1. The summed E-state index contributed by atoms with van der Waals surface area (Å²) in [7, 11) is 3.69. The number of rotatable bonds is 28. The number of ether oxygens (including phenoxy) is 3. The van der Waals surface area contributed by atoms with E-state index in [-0.39, 0.29) is 71.3 Å². The number of aliphatic hydroxyl groups excluding tert-OH is 3. The molecule has 0 saturated carbocycles. The van der Waals surface area contributed by atoms with Crippen LogP contribution >= 0.6 is 11.3 Å². The van der Waals surface area contributed by atoms with Crippen LogP contribution in [0.2, 0.25) is 0 Å². The van der Waals surface area contributed by atoms with Crippen molar-refractivity contribution in [2.24, 2.45) is 23.5 Å². The summed E-state index contributed by atoms with van der Waals surface area (Å²) in [5, 5.41) is 61.7. The molecule has 10 N–H and O–H groups in total. The second-order valence-corrected chi connectivity index (χ2v) is 22.6. The number of amides is 4. The van der Waals surface area contributed by atoms with Gasteiger partial charge in [-0.25, -0.2) is 9.78 Å². The molecule has 7 unspecified atom stereocenters. The fourth-order valence-corrected chi connectivity index (χ4v) is 11.0. The monoisotopic (exact) mass is 1110 g/mol. The van der Waals surface area contributed by atoms with Crippen LogP contribution in [0.3, 0.4) is 0 Å². The van der Waals surface area contributed by atoms with E-state index in [2.05, 4.69) is 22.5 Å². The quantitative estimate of drug-likeness (QED) is 0.0360. The number of aliphatic carboxylic acids is 2. The second-order valence-electron chi connectivity index (χ2n) is 21.7. The summed E-state index contributed by atoms with van der Waals surface area (Å²) >= 11 is 1.25. The number of likely N-dealkylation sites (tertiary alicyclic amines) is 1. The molecule has 2 aliphatic heterocycles. The number of likely N-dealkylation sites (N-methyl/N-ethyl adjacent to an activating group) is 2. The lowest BCUT2D eigenvalue weighted by molar-refractivity contribution is -0.942. The number of anilines is 1. The molecule has 78 heavy (non-hydrogen) atoms. The van der Waals surface area contributed by atoms with Crippen molar-refractivity contribution in [3.8, 4) is 5.75 Å². The number of benzene rings is 2. The Morgan fingerprint density at radius 2 is 1.67 bits per heavy atom. The number of hydrogen-bond donors (Lipinski definition) is 9. The number of quaternary nitrogens is 1. The van der Waals surface area contributed by atoms with Gasteiger partial charge < -0.3 is 70.8 Å². The highest BCUT2D eigenvalue weighted by atomic mass is 32.1. The van der Waals surface area contributed by atoms with Crippen LogP contribution in [-0.4, -0.2) is 164 Å². The van der Waals surface area contributed by atoms with E-state index in [9.17, 15) is 54.3 Å². The van der Waals surface area contributed by atoms with Gasteiger partial charge in [-0.3, -0.25) is 24.0 Å². The van der Waals surface area contributed by atoms with Crippen LogP contribution in [-0.2, 0) is 46.4 Å². The van der Waals surface area contributed by atoms with Crippen LogP contribution in [0.15, 0.2) is 66.1 Å². The van der Waals surface area contributed by atoms with Crippen molar-refractivity contribution in [2.75, 3.05) is 39.1 Å². The molecule has 5 rings (SSSR count). The minimum absolute atomic E-state index is 0.0305. The van der Waals surface area contributed by atoms with Gasteiger partial charge in [0, 0.05) is 55.9 Å². The molecule has 0 aliphatic carbocycles. The van der Waals surface area contributed by atoms with E-state index < -0.39 is 90.6 Å². The number of nitrogens with one attached hydrogen (secondary N) is 3. The number of carbonyl (C=O) groups is 6. The third-order valence-corrected chi connectivity index (χ3v) is 15.8. The first-order valence-corrected chi connectivity index (χ1v) is 27.7. The molecular formula is C56H82N7O14S+. The van der Waals surface area contributed by atoms with E-state index >= 15 is 0 Å². The largest absolute Gasteiger partial charge is 0.481 e. The molecule has 2 fully saturated rings. The van der Waals surface area contributed by atoms with E-state index in [1.807, 2.05) is 72.0 Å². The standard InChI is InChI=1S/C56H81N7O14S/c1-10-33(6)45(53(70)62(8)40(32(4)5)27-43(75-29-31(2)3)52-60-39(30-78-52)50(68)58-37(24-34(7)54(71)72)25-35-16-12-11-13-17-35)61-51(69)41-18-14-15-23-63(41,9)28-36-19-20-42(38(26-36)59-44(64)21-22-57)76-56-48(67)46(65)47(66)49(77-56)55(73)74/h11-13,16-17,19-20,26,30,32-34,37,40-41,43,45-49,56,65-67H,2,10,14-15,18,21-25,27-29,57H2,1,3-9H3,(H4-,58,59,61,64,68,69,71,72,73,74)/p+1/t33?,34?,37?,40?,41-,43?,45?,46+,47+,48-,49+,56-,63?/m1/s1. The number of nitrogens with two attached hydrogens (primary N) is 1. The molecule has 3 aromatic rings. The van der Waals surface area contributed by atoms with Crippen LogP contribution in [0, 0.1) is 17.8 Å². The van der Waals surface area contributed by atoms with Gasteiger partial charge in [0.1, 0.15) is 53.5 Å². The number of aliphatic hydroxyl groups is 3. The predicted molar refractivity (Wildman–Crippen MR) is 292 cm³/mol. The zero-order valence-electron chi connectivity index (χ0n) is 46.1. The Kier molecular flexibility index (Phi) is 23.3. The Hall–Kier alpha value is -5.85. The van der Waals surface area contributed by atoms with Crippen molar-refractivity contribution in [3.05, 3.63) is 87.9 Å². The molecule has 0 spiro atoms. The number of carboxylic acids is 2. The van der Waals surface area contributed by atoms with Crippen molar-refractivity contribution in [1.82, 2.24) is 20.5 Å². The molecule has 2 aromatic carbocycles. The second kappa shape index (κ2) is 28.9. The molecule has 22 heteroatoms. The molecule has 21 nitrogen and oxygen atoms in total. The first-order chi connectivity index (χ1) is 36.9. The van der Waals surface area contributed by atoms with E-state index in [4.69, 9.17) is 24.9 Å². The third kappa shape index (κ3) is 16.8. The molecule has 1 aromatic heterocycles. The van der Waals surface area contributed by atoms with E-state index in [1.54, 1.807) is 36.4 Å². The third-order valence-electron chi connectivity index (χ3n) is 14.9. The van der Waals surface area contributed by atoms with E-state index in [0.29, 0.717) is 49.3 Å². The Balaban J connectivity index is 1.35. The van der Waals surface area contributed by atoms with E-state index in [0.717, 1.165) is 24.0 Å². The van der Waals surface area contributed by atoms with Crippen molar-refractivity contribution in [2.45, 2.75) is 160 Å². The van der Waals surface area contributed by atoms with Crippen LogP contribution in [0.4, 0.5) is 5.69 Å². The van der Waals surface area contributed by atoms with Crippen LogP contribution < -0.4 is 26.4 Å². The smallest absolute Gasteiger partial charge is 0.335 e. The number of carboxylic acid groups (broad SMARTS) is 2. The molecule has 3 heterocycles. The van der Waals surface area contributed by atoms with Gasteiger partial charge in [-0.05, 0) is 68.2 Å². The van der Waals surface area contributed by atoms with Crippen LogP contribution in [0.25, 0.3) is 0 Å². The molecule has 2 saturated heterocycles. The zero-order valence-corrected chi connectivity index (χ0v) is 46.9. The summed E-state index contributed by atoms with van der Waals surface area (Å²) in [5.74, 6) is -5.13. The average molecular weight is 1110 g/mol. The number of carbonyl (C=O) groups excluding carboxylic acids is 4. The lowest BCUT2D eigenvalue weighted by atomic mass is 9.92. The molecule has 2 aliphatic rings. The Bertz CT molecular complexity index is 2530. The molecule has 13 atom stereocenters. The Labute approximate surface area is 461 Å². The normalized spacial score (nSPS) is 23.7. The van der Waals surface area contributed by atoms with Crippen LogP contribution in [0.5, 0.6) is 5.75 Å². The summed E-state index contributed by atoms with van der Waals surface area (Å²) < 4.78 is 17.9. The maximum absolute atomic E-state index is 15.0. The van der Waals surface area contributed by atoms with Gasteiger partial charge in [0.05, 0.1) is 31.8 Å². The lowest BCUT2D eigenvalue weighted by Gasteiger charge is -2.44. The molecular weight excluding hydrogens is 1030 g/mol. The zero-order chi connectivity index (χ0) is 57.6. The minimum Gasteiger partial charge on any atom is -0.481 e. The summed E-state index contributed by atoms with van der Waals surface area (Å²) in [6.07, 6.45) is -6.46. The number of nitrogens with zero attached hydrogens (tertiary/aromatic N) is 3. The summed E-state index contributed by atoms with van der Waals surface area (Å²) in [6, 6.07) is 12.0. The Morgan fingerprint density at radius 1 is 0.962 bits per heavy atom. The molecule has 4 amide bonds. The summed E-state index contributed by atoms with van der Waals surface area (Å²) in [4.78, 5) is 86.6. The van der Waals surface area contributed by atoms with Gasteiger partial charge in [0.15, 0.2) is 12.1 Å². The first-order valence-electron chi connectivity index (χ1n) is 26.8. The lowest BCUT2D eigenvalue weighted by Crippen LogP contribution is -2.63. The number of aromatic nitrogens is 1. The highest BCUT2D eigenvalue weighted by Crippen LogP contribution is 2.35. The summed E-state index contributed by atoms with van der Waals surface area (Å²) in [5.41, 5.74) is 8.34. The molecule has 0 radical (unpaired) electrons. The topological polar surface area (TPSA) is 310 Å². The van der Waals surface area contributed by atoms with Crippen molar-refractivity contribution in [3.63, 3.8) is 0 Å².